The predicted octanol–water partition coefficient (Wildman–Crippen LogP) is 2.12. The Morgan fingerprint density at radius 2 is 1.93 bits per heavy atom. The van der Waals surface area contributed by atoms with Gasteiger partial charge in [0.15, 0.2) is 5.11 Å². The van der Waals surface area contributed by atoms with Crippen molar-refractivity contribution in [3.05, 3.63) is 24.5 Å². The van der Waals surface area contributed by atoms with Gasteiger partial charge in [-0.05, 0) is 38.2 Å². The van der Waals surface area contributed by atoms with Crippen LogP contribution in [0.2, 0.25) is 0 Å². The van der Waals surface area contributed by atoms with E-state index in [0.29, 0.717) is 0 Å². The van der Waals surface area contributed by atoms with Crippen molar-refractivity contribution in [1.29, 1.82) is 0 Å². The largest absolute Gasteiger partial charge is 0.350 e. The molecule has 1 aromatic rings. The summed E-state index contributed by atoms with van der Waals surface area (Å²) < 4.78 is 0. The van der Waals surface area contributed by atoms with Gasteiger partial charge in [-0.2, -0.15) is 0 Å². The molecule has 1 heterocycles. The molecule has 0 aliphatic carbocycles. The van der Waals surface area contributed by atoms with Gasteiger partial charge in [-0.15, -0.1) is 0 Å². The maximum Gasteiger partial charge on any atom is 0.173 e. The maximum atomic E-state index is 5.25. The molecule has 0 unspecified atom stereocenters. The van der Waals surface area contributed by atoms with E-state index < -0.39 is 0 Å². The summed E-state index contributed by atoms with van der Waals surface area (Å²) in [6.45, 7) is 6.02. The average molecular weight is 209 g/mol. The molecule has 0 radical (unpaired) electrons. The first-order valence-electron chi connectivity index (χ1n) is 4.73. The Hall–Kier alpha value is -1.16. The van der Waals surface area contributed by atoms with Gasteiger partial charge < -0.3 is 10.2 Å². The molecule has 0 saturated carbocycles. The molecule has 1 N–H and O–H groups in total. The Labute approximate surface area is 90.1 Å². The minimum Gasteiger partial charge on any atom is -0.350 e. The van der Waals surface area contributed by atoms with Crippen molar-refractivity contribution in [2.45, 2.75) is 13.8 Å². The van der Waals surface area contributed by atoms with Gasteiger partial charge in [0, 0.05) is 31.2 Å². The van der Waals surface area contributed by atoms with Crippen LogP contribution in [-0.2, 0) is 0 Å². The van der Waals surface area contributed by atoms with Crippen LogP contribution in [-0.4, -0.2) is 28.1 Å². The van der Waals surface area contributed by atoms with Gasteiger partial charge >= 0.3 is 0 Å². The van der Waals surface area contributed by atoms with Gasteiger partial charge in [0.1, 0.15) is 0 Å². The zero-order valence-electron chi connectivity index (χ0n) is 8.53. The third kappa shape index (κ3) is 2.96. The van der Waals surface area contributed by atoms with Gasteiger partial charge in [-0.3, -0.25) is 4.98 Å². The van der Waals surface area contributed by atoms with E-state index in [1.165, 1.54) is 0 Å². The van der Waals surface area contributed by atoms with Crippen molar-refractivity contribution in [1.82, 2.24) is 9.88 Å². The molecule has 14 heavy (non-hydrogen) atoms. The summed E-state index contributed by atoms with van der Waals surface area (Å²) in [7, 11) is 0. The highest BCUT2D eigenvalue weighted by atomic mass is 32.1. The normalized spacial score (nSPS) is 9.57. The highest BCUT2D eigenvalue weighted by molar-refractivity contribution is 7.80. The van der Waals surface area contributed by atoms with Gasteiger partial charge in [0.2, 0.25) is 0 Å². The van der Waals surface area contributed by atoms with E-state index >= 15 is 0 Å². The summed E-state index contributed by atoms with van der Waals surface area (Å²) in [4.78, 5) is 6.03. The maximum absolute atomic E-state index is 5.25. The lowest BCUT2D eigenvalue weighted by molar-refractivity contribution is 0.473. The molecule has 3 nitrogen and oxygen atoms in total. The number of hydrogen-bond donors (Lipinski definition) is 1. The Morgan fingerprint density at radius 3 is 2.43 bits per heavy atom. The van der Waals surface area contributed by atoms with Crippen LogP contribution in [0.5, 0.6) is 0 Å². The lowest BCUT2D eigenvalue weighted by Gasteiger charge is -2.22. The standard InChI is InChI=1S/C10H15N3S/c1-3-13(4-2)10(14)12-9-5-7-11-8-6-9/h5-8H,3-4H2,1-2H3,(H,11,12,14). The van der Waals surface area contributed by atoms with Crippen molar-refractivity contribution < 1.29 is 0 Å². The van der Waals surface area contributed by atoms with E-state index in [1.807, 2.05) is 12.1 Å². The molecule has 0 amide bonds. The van der Waals surface area contributed by atoms with Crippen LogP contribution in [0.25, 0.3) is 0 Å². The first-order chi connectivity index (χ1) is 6.77. The first kappa shape index (κ1) is 10.9. The molecule has 1 rings (SSSR count). The summed E-state index contributed by atoms with van der Waals surface area (Å²) >= 11 is 5.25. The quantitative estimate of drug-likeness (QED) is 0.772. The van der Waals surface area contributed by atoms with E-state index in [0.717, 1.165) is 23.9 Å². The number of pyridine rings is 1. The van der Waals surface area contributed by atoms with Gasteiger partial charge in [0.05, 0.1) is 0 Å². The van der Waals surface area contributed by atoms with Crippen molar-refractivity contribution in [3.8, 4) is 0 Å². The van der Waals surface area contributed by atoms with Gasteiger partial charge in [-0.25, -0.2) is 0 Å². The average Bonchev–Trinajstić information content (AvgIpc) is 2.21. The van der Waals surface area contributed by atoms with Crippen molar-refractivity contribution in [3.63, 3.8) is 0 Å². The van der Waals surface area contributed by atoms with Crippen LogP contribution in [0.3, 0.4) is 0 Å². The second-order valence-electron chi connectivity index (χ2n) is 2.84. The molecule has 76 valence electrons. The van der Waals surface area contributed by atoms with Crippen LogP contribution in [0.1, 0.15) is 13.8 Å². The van der Waals surface area contributed by atoms with Crippen LogP contribution < -0.4 is 5.32 Å². The Kier molecular flexibility index (Phi) is 4.32. The number of anilines is 1. The molecule has 0 atom stereocenters. The summed E-state index contributed by atoms with van der Waals surface area (Å²) in [5.41, 5.74) is 0.983. The van der Waals surface area contributed by atoms with Crippen LogP contribution in [0.15, 0.2) is 24.5 Å². The lowest BCUT2D eigenvalue weighted by atomic mass is 10.4. The fourth-order valence-corrected chi connectivity index (χ4v) is 1.52. The summed E-state index contributed by atoms with van der Waals surface area (Å²) in [5.74, 6) is 0. The van der Waals surface area contributed by atoms with Crippen molar-refractivity contribution in [2.75, 3.05) is 18.4 Å². The number of hydrogen-bond acceptors (Lipinski definition) is 2. The minimum atomic E-state index is 0.765. The summed E-state index contributed by atoms with van der Waals surface area (Å²) in [5, 5.41) is 3.93. The molecule has 4 heteroatoms. The zero-order chi connectivity index (χ0) is 10.4. The monoisotopic (exact) mass is 209 g/mol. The molecule has 0 fully saturated rings. The Balaban J connectivity index is 2.57. The third-order valence-electron chi connectivity index (χ3n) is 1.98. The molecule has 0 aromatic carbocycles. The fraction of sp³-hybridized carbons (Fsp3) is 0.400. The third-order valence-corrected chi connectivity index (χ3v) is 2.34. The van der Waals surface area contributed by atoms with E-state index in [4.69, 9.17) is 12.2 Å². The molecule has 0 spiro atoms. The molecule has 0 aliphatic rings. The molecular formula is C10H15N3S. The zero-order valence-corrected chi connectivity index (χ0v) is 9.34. The molecule has 0 aliphatic heterocycles. The number of rotatable bonds is 3. The SMILES string of the molecule is CCN(CC)C(=S)Nc1ccncc1. The van der Waals surface area contributed by atoms with Crippen molar-refractivity contribution in [2.24, 2.45) is 0 Å². The highest BCUT2D eigenvalue weighted by Gasteiger charge is 2.03. The molecule has 0 saturated heterocycles. The lowest BCUT2D eigenvalue weighted by Crippen LogP contribution is -2.34. The smallest absolute Gasteiger partial charge is 0.173 e. The highest BCUT2D eigenvalue weighted by Crippen LogP contribution is 2.04. The predicted molar refractivity (Wildman–Crippen MR) is 63.4 cm³/mol. The Morgan fingerprint density at radius 1 is 1.36 bits per heavy atom. The number of thiocarbonyl (C=S) groups is 1. The molecule has 0 bridgehead atoms. The topological polar surface area (TPSA) is 28.2 Å². The molecule has 1 aromatic heterocycles. The van der Waals surface area contributed by atoms with E-state index in [1.54, 1.807) is 12.4 Å². The van der Waals surface area contributed by atoms with E-state index in [9.17, 15) is 0 Å². The summed E-state index contributed by atoms with van der Waals surface area (Å²) in [6, 6.07) is 3.80. The Bertz CT molecular complexity index is 283. The van der Waals surface area contributed by atoms with Gasteiger partial charge in [-0.1, -0.05) is 0 Å². The number of nitrogens with one attached hydrogen (secondary N) is 1. The number of nitrogens with zero attached hydrogens (tertiary/aromatic N) is 2. The van der Waals surface area contributed by atoms with Crippen molar-refractivity contribution >= 4 is 23.0 Å². The summed E-state index contributed by atoms with van der Waals surface area (Å²) in [6.07, 6.45) is 3.49. The van der Waals surface area contributed by atoms with Crippen LogP contribution in [0.4, 0.5) is 5.69 Å². The first-order valence-corrected chi connectivity index (χ1v) is 5.14. The fourth-order valence-electron chi connectivity index (χ4n) is 1.15. The van der Waals surface area contributed by atoms with Crippen LogP contribution in [0, 0.1) is 0 Å². The second kappa shape index (κ2) is 5.54. The van der Waals surface area contributed by atoms with Gasteiger partial charge in [0.25, 0.3) is 0 Å². The second-order valence-corrected chi connectivity index (χ2v) is 3.23. The minimum absolute atomic E-state index is 0.765. The van der Waals surface area contributed by atoms with E-state index in [-0.39, 0.29) is 0 Å². The number of aromatic nitrogens is 1. The van der Waals surface area contributed by atoms with Crippen LogP contribution >= 0.6 is 12.2 Å². The molecular weight excluding hydrogens is 194 g/mol. The van der Waals surface area contributed by atoms with E-state index in [2.05, 4.69) is 29.0 Å².